The van der Waals surface area contributed by atoms with Gasteiger partial charge in [-0.1, -0.05) is 6.04 Å². The van der Waals surface area contributed by atoms with Crippen molar-refractivity contribution in [3.05, 3.63) is 34.3 Å². The molecule has 2 aromatic rings. The fourth-order valence-electron chi connectivity index (χ4n) is 2.42. The first-order valence-corrected chi connectivity index (χ1v) is 6.26. The van der Waals surface area contributed by atoms with Crippen molar-refractivity contribution in [2.45, 2.75) is 32.2 Å². The number of ketones is 2. The molecule has 0 radical (unpaired) electrons. The van der Waals surface area contributed by atoms with E-state index in [-0.39, 0.29) is 35.1 Å². The maximum atomic E-state index is 13.0. The lowest BCUT2D eigenvalue weighted by Gasteiger charge is -2.24. The number of carbonyl (C=O) groups is 2. The highest BCUT2D eigenvalue weighted by Crippen LogP contribution is 2.24. The van der Waals surface area contributed by atoms with Gasteiger partial charge in [0.2, 0.25) is 0 Å². The van der Waals surface area contributed by atoms with Crippen LogP contribution in [0.25, 0.3) is 10.9 Å². The van der Waals surface area contributed by atoms with Crippen LogP contribution in [-0.2, 0) is 9.59 Å². The third kappa shape index (κ3) is 2.12. The van der Waals surface area contributed by atoms with E-state index >= 15 is 0 Å². The Morgan fingerprint density at radius 3 is 3.05 bits per heavy atom. The summed E-state index contributed by atoms with van der Waals surface area (Å²) >= 11 is 0. The summed E-state index contributed by atoms with van der Waals surface area (Å²) in [5, 5.41) is -0.202. The average Bonchev–Trinajstić information content (AvgIpc) is 2.52. The predicted octanol–water partition coefficient (Wildman–Crippen LogP) is 1.15. The van der Waals surface area contributed by atoms with Gasteiger partial charge in [0.05, 0.1) is 26.1 Å². The normalized spacial score (nSPS) is 26.2. The first-order valence-electron chi connectivity index (χ1n) is 8.99. The van der Waals surface area contributed by atoms with E-state index in [1.165, 1.54) is 0 Å². The Kier molecular flexibility index (Phi) is 1.99. The van der Waals surface area contributed by atoms with Crippen LogP contribution in [-0.4, -0.2) is 21.1 Å². The summed E-state index contributed by atoms with van der Waals surface area (Å²) in [5.74, 6) is -1.49. The van der Waals surface area contributed by atoms with Gasteiger partial charge >= 0.3 is 0 Å². The second-order valence-corrected chi connectivity index (χ2v) is 4.80. The standard InChI is InChI=1S/C15H15N3O3/c1-8-17-11-4-2-3-10(16)14(11)15(21)18(8)12-6-5-9(19)7-13(12)20/h2-4,12H,5-7,16H2,1H3/i1D2,2D,4D,6D. The summed E-state index contributed by atoms with van der Waals surface area (Å²) in [6.45, 7) is -1.78. The molecular formula is C15H15N3O3. The molecule has 1 fully saturated rings. The zero-order chi connectivity index (χ0) is 19.3. The zero-order valence-corrected chi connectivity index (χ0v) is 10.9. The van der Waals surface area contributed by atoms with Gasteiger partial charge in [-0.25, -0.2) is 4.98 Å². The molecule has 6 nitrogen and oxygen atoms in total. The van der Waals surface area contributed by atoms with Crippen molar-refractivity contribution >= 4 is 28.2 Å². The Morgan fingerprint density at radius 1 is 1.52 bits per heavy atom. The van der Waals surface area contributed by atoms with Gasteiger partial charge in [-0.15, -0.1) is 0 Å². The van der Waals surface area contributed by atoms with Crippen LogP contribution in [0.2, 0.25) is 0 Å². The molecule has 21 heavy (non-hydrogen) atoms. The fourth-order valence-corrected chi connectivity index (χ4v) is 2.42. The van der Waals surface area contributed by atoms with E-state index in [2.05, 4.69) is 4.98 Å². The highest BCUT2D eigenvalue weighted by atomic mass is 16.2. The molecule has 0 amide bonds. The summed E-state index contributed by atoms with van der Waals surface area (Å²) in [4.78, 5) is 40.9. The van der Waals surface area contributed by atoms with Crippen molar-refractivity contribution in [2.75, 3.05) is 5.73 Å². The first-order chi connectivity index (χ1) is 12.1. The number of hydrogen-bond donors (Lipinski definition) is 1. The highest BCUT2D eigenvalue weighted by Gasteiger charge is 2.30. The van der Waals surface area contributed by atoms with Crippen LogP contribution < -0.4 is 11.3 Å². The van der Waals surface area contributed by atoms with Crippen molar-refractivity contribution in [3.63, 3.8) is 0 Å². The van der Waals surface area contributed by atoms with E-state index in [4.69, 9.17) is 12.6 Å². The second-order valence-electron chi connectivity index (χ2n) is 4.80. The molecule has 1 saturated carbocycles. The number of nitrogens with zero attached hydrogens (tertiary/aromatic N) is 2. The average molecular weight is 290 g/mol. The van der Waals surface area contributed by atoms with Crippen molar-refractivity contribution in [2.24, 2.45) is 0 Å². The number of carbonyl (C=O) groups excluding carboxylic acids is 2. The topological polar surface area (TPSA) is 95.0 Å². The van der Waals surface area contributed by atoms with E-state index in [0.29, 0.717) is 0 Å². The number of hydrogen-bond acceptors (Lipinski definition) is 5. The Labute approximate surface area is 127 Å². The van der Waals surface area contributed by atoms with E-state index in [1.807, 2.05) is 0 Å². The van der Waals surface area contributed by atoms with Gasteiger partial charge in [0.1, 0.15) is 11.6 Å². The maximum absolute atomic E-state index is 13.0. The van der Waals surface area contributed by atoms with Gasteiger partial charge < -0.3 is 5.73 Å². The first kappa shape index (κ1) is 8.71. The molecule has 2 N–H and O–H groups in total. The van der Waals surface area contributed by atoms with Crippen LogP contribution in [0.1, 0.15) is 38.0 Å². The molecule has 2 atom stereocenters. The summed E-state index contributed by atoms with van der Waals surface area (Å²) in [6.07, 6.45) is -1.91. The van der Waals surface area contributed by atoms with Gasteiger partial charge in [-0.3, -0.25) is 19.0 Å². The summed E-state index contributed by atoms with van der Waals surface area (Å²) in [5.41, 5.74) is 4.61. The fraction of sp³-hybridized carbons (Fsp3) is 0.333. The molecule has 3 rings (SSSR count). The Bertz CT molecular complexity index is 1000. The highest BCUT2D eigenvalue weighted by molar-refractivity contribution is 6.03. The molecule has 1 aromatic heterocycles. The molecule has 0 saturated heterocycles. The van der Waals surface area contributed by atoms with Gasteiger partial charge in [0.15, 0.2) is 5.78 Å². The van der Waals surface area contributed by atoms with Crippen molar-refractivity contribution in [1.29, 1.82) is 0 Å². The van der Waals surface area contributed by atoms with Crippen LogP contribution >= 0.6 is 0 Å². The number of Topliss-reactive ketones (excluding diaryl/α,β-unsaturated/α-hetero) is 2. The number of fused-ring (bicyclic) bond motifs is 1. The molecule has 108 valence electrons. The van der Waals surface area contributed by atoms with Gasteiger partial charge in [0.25, 0.3) is 5.56 Å². The molecule has 0 spiro atoms. The zero-order valence-electron chi connectivity index (χ0n) is 15.9. The Hall–Kier alpha value is -2.50. The van der Waals surface area contributed by atoms with Gasteiger partial charge in [-0.05, 0) is 25.4 Å². The van der Waals surface area contributed by atoms with Crippen LogP contribution in [0.4, 0.5) is 5.69 Å². The number of nitrogens with two attached hydrogens (primary N) is 1. The molecule has 0 bridgehead atoms. The third-order valence-corrected chi connectivity index (χ3v) is 3.40. The molecule has 1 aliphatic carbocycles. The lowest BCUT2D eigenvalue weighted by atomic mass is 9.92. The van der Waals surface area contributed by atoms with Crippen molar-refractivity contribution < 1.29 is 16.4 Å². The quantitative estimate of drug-likeness (QED) is 0.628. The number of nitrogen functional groups attached to an aromatic ring is 1. The lowest BCUT2D eigenvalue weighted by Crippen LogP contribution is -2.36. The number of rotatable bonds is 1. The van der Waals surface area contributed by atoms with E-state index < -0.39 is 48.7 Å². The predicted molar refractivity (Wildman–Crippen MR) is 78.1 cm³/mol. The van der Waals surface area contributed by atoms with Crippen molar-refractivity contribution in [1.82, 2.24) is 9.55 Å². The molecule has 2 unspecified atom stereocenters. The van der Waals surface area contributed by atoms with Crippen LogP contribution in [0.15, 0.2) is 22.9 Å². The minimum absolute atomic E-state index is 0.119. The summed E-state index contributed by atoms with van der Waals surface area (Å²) in [7, 11) is 0. The van der Waals surface area contributed by atoms with E-state index in [1.54, 1.807) is 0 Å². The second kappa shape index (κ2) is 4.80. The summed E-state index contributed by atoms with van der Waals surface area (Å²) < 4.78 is 39.8. The van der Waals surface area contributed by atoms with E-state index in [9.17, 15) is 14.4 Å². The Morgan fingerprint density at radius 2 is 2.33 bits per heavy atom. The van der Waals surface area contributed by atoms with Crippen LogP contribution in [0.3, 0.4) is 0 Å². The lowest BCUT2D eigenvalue weighted by molar-refractivity contribution is -0.132. The number of benzene rings is 1. The SMILES string of the molecule is [2H]c1cc(N)c2c(=O)n(C3C(=O)CC(=O)CC3[2H])c(C([2H])[2H])nc2c1[2H]. The monoisotopic (exact) mass is 290 g/mol. The number of anilines is 1. The van der Waals surface area contributed by atoms with Crippen LogP contribution in [0, 0.1) is 6.88 Å². The van der Waals surface area contributed by atoms with Crippen molar-refractivity contribution in [3.8, 4) is 0 Å². The number of aryl methyl sites for hydroxylation is 1. The minimum atomic E-state index is -1.78. The molecule has 1 heterocycles. The minimum Gasteiger partial charge on any atom is -0.398 e. The summed E-state index contributed by atoms with van der Waals surface area (Å²) in [6, 6.07) is -0.890. The molecule has 1 aliphatic rings. The largest absolute Gasteiger partial charge is 0.398 e. The maximum Gasteiger partial charge on any atom is 0.264 e. The molecule has 1 aromatic carbocycles. The molecular weight excluding hydrogens is 270 g/mol. The van der Waals surface area contributed by atoms with Gasteiger partial charge in [0, 0.05) is 16.2 Å². The smallest absolute Gasteiger partial charge is 0.264 e. The Balaban J connectivity index is 2.40. The third-order valence-electron chi connectivity index (χ3n) is 3.40. The molecule has 6 heteroatoms. The van der Waals surface area contributed by atoms with Crippen LogP contribution in [0.5, 0.6) is 0 Å². The molecule has 0 aliphatic heterocycles. The van der Waals surface area contributed by atoms with E-state index in [0.717, 1.165) is 10.6 Å². The van der Waals surface area contributed by atoms with Gasteiger partial charge in [-0.2, -0.15) is 0 Å². The number of aromatic nitrogens is 2.